The maximum atomic E-state index is 11.3. The van der Waals surface area contributed by atoms with Crippen molar-refractivity contribution in [2.45, 2.75) is 6.92 Å². The molecule has 0 aliphatic rings. The summed E-state index contributed by atoms with van der Waals surface area (Å²) in [6, 6.07) is 4.57. The molecular weight excluding hydrogens is 380 g/mol. The molecule has 0 spiro atoms. The summed E-state index contributed by atoms with van der Waals surface area (Å²) >= 11 is 6.62. The van der Waals surface area contributed by atoms with Crippen LogP contribution in [0.15, 0.2) is 27.1 Å². The number of aryl methyl sites for hydroxylation is 1. The van der Waals surface area contributed by atoms with Gasteiger partial charge in [0.05, 0.1) is 11.1 Å². The van der Waals surface area contributed by atoms with Gasteiger partial charge in [0, 0.05) is 14.3 Å². The Balaban J connectivity index is 3.09. The van der Waals surface area contributed by atoms with Crippen LogP contribution in [0.1, 0.15) is 26.3 Å². The minimum atomic E-state index is -1.16. The van der Waals surface area contributed by atoms with E-state index < -0.39 is 11.9 Å². The van der Waals surface area contributed by atoms with Crippen LogP contribution in [0.25, 0.3) is 10.8 Å². The van der Waals surface area contributed by atoms with Gasteiger partial charge in [0.15, 0.2) is 0 Å². The number of halogens is 2. The summed E-state index contributed by atoms with van der Waals surface area (Å²) in [4.78, 5) is 22.6. The fraction of sp³-hybridized carbons (Fsp3) is 0.0769. The molecule has 2 N–H and O–H groups in total. The van der Waals surface area contributed by atoms with Gasteiger partial charge in [0.2, 0.25) is 0 Å². The van der Waals surface area contributed by atoms with Crippen LogP contribution in [-0.2, 0) is 0 Å². The van der Waals surface area contributed by atoms with Crippen molar-refractivity contribution in [3.05, 3.63) is 43.8 Å². The Kier molecular flexibility index (Phi) is 3.64. The molecule has 0 saturated carbocycles. The van der Waals surface area contributed by atoms with E-state index in [1.807, 2.05) is 0 Å². The third-order valence-corrected chi connectivity index (χ3v) is 4.29. The van der Waals surface area contributed by atoms with Gasteiger partial charge in [-0.05, 0) is 52.0 Å². The van der Waals surface area contributed by atoms with Gasteiger partial charge in [-0.3, -0.25) is 0 Å². The van der Waals surface area contributed by atoms with E-state index in [1.165, 1.54) is 12.1 Å². The van der Waals surface area contributed by atoms with Crippen LogP contribution in [0.2, 0.25) is 0 Å². The third kappa shape index (κ3) is 2.37. The van der Waals surface area contributed by atoms with Crippen molar-refractivity contribution < 1.29 is 19.8 Å². The van der Waals surface area contributed by atoms with Crippen molar-refractivity contribution in [1.29, 1.82) is 0 Å². The molecule has 4 nitrogen and oxygen atoms in total. The van der Waals surface area contributed by atoms with Crippen LogP contribution in [0.4, 0.5) is 0 Å². The monoisotopic (exact) mass is 386 g/mol. The molecule has 0 aromatic heterocycles. The molecule has 19 heavy (non-hydrogen) atoms. The molecule has 2 aromatic rings. The highest BCUT2D eigenvalue weighted by atomic mass is 79.9. The number of hydrogen-bond acceptors (Lipinski definition) is 2. The fourth-order valence-corrected chi connectivity index (χ4v) is 2.86. The summed E-state index contributed by atoms with van der Waals surface area (Å²) in [6.07, 6.45) is 0. The zero-order valence-corrected chi connectivity index (χ0v) is 12.9. The van der Waals surface area contributed by atoms with Crippen molar-refractivity contribution in [3.63, 3.8) is 0 Å². The largest absolute Gasteiger partial charge is 0.478 e. The van der Waals surface area contributed by atoms with Crippen LogP contribution >= 0.6 is 31.9 Å². The van der Waals surface area contributed by atoms with Crippen LogP contribution in [0.5, 0.6) is 0 Å². The van der Waals surface area contributed by atoms with E-state index in [9.17, 15) is 19.8 Å². The minimum Gasteiger partial charge on any atom is -0.478 e. The molecule has 98 valence electrons. The topological polar surface area (TPSA) is 74.6 Å². The second-order valence-electron chi connectivity index (χ2n) is 4.04. The number of aromatic carboxylic acids is 2. The standard InChI is InChI=1S/C13H8Br2O4/c1-5-2-8(12(16)17)10-7(11(5)15)3-6(14)4-9(10)13(18)19/h2-4H,1H3,(H,16,17)(H,18,19). The molecule has 0 radical (unpaired) electrons. The van der Waals surface area contributed by atoms with Crippen molar-refractivity contribution in [3.8, 4) is 0 Å². The molecule has 0 amide bonds. The Morgan fingerprint density at radius 3 is 2.05 bits per heavy atom. The first-order valence-corrected chi connectivity index (χ1v) is 6.80. The number of hydrogen-bond donors (Lipinski definition) is 2. The SMILES string of the molecule is Cc1cc(C(=O)O)c2c(C(=O)O)cc(Br)cc2c1Br. The molecule has 0 heterocycles. The van der Waals surface area contributed by atoms with Crippen LogP contribution in [0.3, 0.4) is 0 Å². The second kappa shape index (κ2) is 4.94. The Labute approximate surface area is 125 Å². The lowest BCUT2D eigenvalue weighted by Crippen LogP contribution is -2.05. The van der Waals surface area contributed by atoms with E-state index in [2.05, 4.69) is 31.9 Å². The highest BCUT2D eigenvalue weighted by Crippen LogP contribution is 2.35. The normalized spacial score (nSPS) is 10.7. The van der Waals surface area contributed by atoms with Gasteiger partial charge < -0.3 is 10.2 Å². The fourth-order valence-electron chi connectivity index (χ4n) is 1.97. The summed E-state index contributed by atoms with van der Waals surface area (Å²) in [7, 11) is 0. The van der Waals surface area contributed by atoms with Gasteiger partial charge in [-0.25, -0.2) is 9.59 Å². The van der Waals surface area contributed by atoms with Crippen LogP contribution < -0.4 is 0 Å². The summed E-state index contributed by atoms with van der Waals surface area (Å²) < 4.78 is 1.27. The summed E-state index contributed by atoms with van der Waals surface area (Å²) in [5.41, 5.74) is 0.683. The Morgan fingerprint density at radius 1 is 1.00 bits per heavy atom. The van der Waals surface area contributed by atoms with Gasteiger partial charge >= 0.3 is 11.9 Å². The zero-order valence-electron chi connectivity index (χ0n) is 9.70. The Bertz CT molecular complexity index is 702. The van der Waals surface area contributed by atoms with Gasteiger partial charge in [0.1, 0.15) is 0 Å². The first-order chi connectivity index (χ1) is 8.82. The highest BCUT2D eigenvalue weighted by Gasteiger charge is 2.20. The molecule has 0 aliphatic heterocycles. The van der Waals surface area contributed by atoms with E-state index in [1.54, 1.807) is 13.0 Å². The first-order valence-electron chi connectivity index (χ1n) is 5.22. The third-order valence-electron chi connectivity index (χ3n) is 2.78. The maximum absolute atomic E-state index is 11.3. The molecule has 0 atom stereocenters. The van der Waals surface area contributed by atoms with Gasteiger partial charge in [-0.1, -0.05) is 15.9 Å². The molecule has 0 aliphatic carbocycles. The maximum Gasteiger partial charge on any atom is 0.336 e. The number of rotatable bonds is 2. The van der Waals surface area contributed by atoms with Gasteiger partial charge in [-0.15, -0.1) is 0 Å². The molecule has 0 saturated heterocycles. The number of carboxylic acids is 2. The van der Waals surface area contributed by atoms with Crippen molar-refractivity contribution in [2.75, 3.05) is 0 Å². The predicted molar refractivity (Wildman–Crippen MR) is 78.0 cm³/mol. The molecule has 0 unspecified atom stereocenters. The van der Waals surface area contributed by atoms with Crippen molar-refractivity contribution in [2.24, 2.45) is 0 Å². The molecule has 2 aromatic carbocycles. The van der Waals surface area contributed by atoms with E-state index >= 15 is 0 Å². The number of carboxylic acid groups (broad SMARTS) is 2. The average Bonchev–Trinajstić information content (AvgIpc) is 2.32. The number of carbonyl (C=O) groups is 2. The van der Waals surface area contributed by atoms with Gasteiger partial charge in [-0.2, -0.15) is 0 Å². The van der Waals surface area contributed by atoms with Crippen LogP contribution in [0, 0.1) is 6.92 Å². The predicted octanol–water partition coefficient (Wildman–Crippen LogP) is 4.07. The minimum absolute atomic E-state index is 0.0133. The lowest BCUT2D eigenvalue weighted by atomic mass is 9.97. The van der Waals surface area contributed by atoms with Crippen LogP contribution in [-0.4, -0.2) is 22.2 Å². The quantitative estimate of drug-likeness (QED) is 0.814. The van der Waals surface area contributed by atoms with Gasteiger partial charge in [0.25, 0.3) is 0 Å². The summed E-state index contributed by atoms with van der Waals surface area (Å²) in [5.74, 6) is -2.31. The average molecular weight is 388 g/mol. The molecular formula is C13H8Br2O4. The number of benzene rings is 2. The Morgan fingerprint density at radius 2 is 1.53 bits per heavy atom. The summed E-state index contributed by atoms with van der Waals surface area (Å²) in [5, 5.41) is 19.3. The van der Waals surface area contributed by atoms with E-state index in [0.29, 0.717) is 14.3 Å². The lowest BCUT2D eigenvalue weighted by molar-refractivity contribution is 0.0695. The Hall–Kier alpha value is -1.40. The highest BCUT2D eigenvalue weighted by molar-refractivity contribution is 9.11. The van der Waals surface area contributed by atoms with Crippen molar-refractivity contribution >= 4 is 54.6 Å². The number of fused-ring (bicyclic) bond motifs is 1. The lowest BCUT2D eigenvalue weighted by Gasteiger charge is -2.11. The molecule has 6 heteroatoms. The summed E-state index contributed by atoms with van der Waals surface area (Å²) in [6.45, 7) is 1.76. The van der Waals surface area contributed by atoms with E-state index in [4.69, 9.17) is 0 Å². The molecule has 0 bridgehead atoms. The zero-order chi connectivity index (χ0) is 14.3. The molecule has 0 fully saturated rings. The van der Waals surface area contributed by atoms with Crippen molar-refractivity contribution in [1.82, 2.24) is 0 Å². The molecule has 2 rings (SSSR count). The van der Waals surface area contributed by atoms with E-state index in [0.717, 1.165) is 5.56 Å². The second-order valence-corrected chi connectivity index (χ2v) is 5.75. The first kappa shape index (κ1) is 14.0. The smallest absolute Gasteiger partial charge is 0.336 e. The van der Waals surface area contributed by atoms with E-state index in [-0.39, 0.29) is 16.5 Å².